The van der Waals surface area contributed by atoms with Gasteiger partial charge in [-0.1, -0.05) is 35.9 Å². The molecule has 2 amide bonds. The van der Waals surface area contributed by atoms with Crippen LogP contribution in [0.15, 0.2) is 54.6 Å². The van der Waals surface area contributed by atoms with Crippen LogP contribution in [-0.4, -0.2) is 42.5 Å². The van der Waals surface area contributed by atoms with Crippen LogP contribution >= 0.6 is 0 Å². The predicted octanol–water partition coefficient (Wildman–Crippen LogP) is 3.58. The molecule has 0 saturated carbocycles. The second-order valence-corrected chi connectivity index (χ2v) is 7.27. The minimum absolute atomic E-state index is 0.0557. The van der Waals surface area contributed by atoms with Crippen molar-refractivity contribution >= 4 is 11.8 Å². The van der Waals surface area contributed by atoms with Gasteiger partial charge in [-0.2, -0.15) is 0 Å². The molecule has 1 N–H and O–H groups in total. The molecule has 28 heavy (non-hydrogen) atoms. The highest BCUT2D eigenvalue weighted by Gasteiger charge is 2.24. The topological polar surface area (TPSA) is 58.6 Å². The van der Waals surface area contributed by atoms with Crippen molar-refractivity contribution in [1.82, 2.24) is 10.2 Å². The van der Waals surface area contributed by atoms with Crippen molar-refractivity contribution < 1.29 is 14.3 Å². The molecule has 1 fully saturated rings. The molecule has 0 bridgehead atoms. The van der Waals surface area contributed by atoms with Crippen molar-refractivity contribution in [2.24, 2.45) is 0 Å². The lowest BCUT2D eigenvalue weighted by Gasteiger charge is -2.32. The first-order chi connectivity index (χ1) is 13.6. The first-order valence-corrected chi connectivity index (χ1v) is 9.95. The summed E-state index contributed by atoms with van der Waals surface area (Å²) in [5, 5.41) is 3.09. The van der Waals surface area contributed by atoms with E-state index < -0.39 is 0 Å². The Hall–Kier alpha value is -2.82. The maximum Gasteiger partial charge on any atom is 0.253 e. The van der Waals surface area contributed by atoms with Crippen LogP contribution in [-0.2, 0) is 4.79 Å². The number of rotatable bonds is 7. The average Bonchev–Trinajstić information content (AvgIpc) is 2.72. The number of likely N-dealkylation sites (tertiary alicyclic amines) is 1. The molecule has 1 aliphatic heterocycles. The van der Waals surface area contributed by atoms with Crippen molar-refractivity contribution in [3.05, 3.63) is 65.7 Å². The van der Waals surface area contributed by atoms with E-state index in [1.165, 1.54) is 0 Å². The summed E-state index contributed by atoms with van der Waals surface area (Å²) in [6, 6.07) is 17.5. The number of hydrogen-bond donors (Lipinski definition) is 1. The number of nitrogens with zero attached hydrogens (tertiary/aromatic N) is 1. The normalized spacial score (nSPS) is 14.5. The van der Waals surface area contributed by atoms with Gasteiger partial charge in [0.1, 0.15) is 5.75 Å². The van der Waals surface area contributed by atoms with Crippen molar-refractivity contribution in [2.75, 3.05) is 19.7 Å². The molecule has 3 rings (SSSR count). The number of nitrogens with one attached hydrogen (secondary N) is 1. The van der Waals surface area contributed by atoms with Crippen LogP contribution < -0.4 is 10.1 Å². The quantitative estimate of drug-likeness (QED) is 0.747. The largest absolute Gasteiger partial charge is 0.494 e. The summed E-state index contributed by atoms with van der Waals surface area (Å²) in [4.78, 5) is 26.6. The van der Waals surface area contributed by atoms with Gasteiger partial charge in [0.15, 0.2) is 0 Å². The minimum atomic E-state index is 0.0557. The molecule has 1 saturated heterocycles. The third kappa shape index (κ3) is 5.84. The SMILES string of the molecule is Cc1cccc(C(=O)N2CCC(NC(=O)CCCOc3ccccc3)CC2)c1. The van der Waals surface area contributed by atoms with E-state index in [-0.39, 0.29) is 17.9 Å². The van der Waals surface area contributed by atoms with Crippen molar-refractivity contribution in [1.29, 1.82) is 0 Å². The Morgan fingerprint density at radius 3 is 2.54 bits per heavy atom. The van der Waals surface area contributed by atoms with Crippen molar-refractivity contribution in [2.45, 2.75) is 38.6 Å². The van der Waals surface area contributed by atoms with Crippen LogP contribution in [0.5, 0.6) is 5.75 Å². The van der Waals surface area contributed by atoms with E-state index in [0.29, 0.717) is 32.5 Å². The van der Waals surface area contributed by atoms with Gasteiger partial charge in [0, 0.05) is 31.1 Å². The lowest BCUT2D eigenvalue weighted by atomic mass is 10.0. The number of aryl methyl sites for hydroxylation is 1. The van der Waals surface area contributed by atoms with E-state index >= 15 is 0 Å². The summed E-state index contributed by atoms with van der Waals surface area (Å²) in [5.74, 6) is 0.959. The third-order valence-electron chi connectivity index (χ3n) is 4.97. The molecular weight excluding hydrogens is 352 g/mol. The van der Waals surface area contributed by atoms with Crippen LogP contribution in [0.25, 0.3) is 0 Å². The van der Waals surface area contributed by atoms with Crippen LogP contribution in [0.4, 0.5) is 0 Å². The molecule has 5 heteroatoms. The summed E-state index contributed by atoms with van der Waals surface area (Å²) in [7, 11) is 0. The van der Waals surface area contributed by atoms with E-state index in [2.05, 4.69) is 5.32 Å². The summed E-state index contributed by atoms with van der Waals surface area (Å²) in [5.41, 5.74) is 1.82. The highest BCUT2D eigenvalue weighted by atomic mass is 16.5. The zero-order chi connectivity index (χ0) is 19.8. The van der Waals surface area contributed by atoms with Gasteiger partial charge in [0.2, 0.25) is 5.91 Å². The Kier molecular flexibility index (Phi) is 7.06. The Morgan fingerprint density at radius 2 is 1.82 bits per heavy atom. The van der Waals surface area contributed by atoms with E-state index in [0.717, 1.165) is 29.7 Å². The number of piperidine rings is 1. The fourth-order valence-electron chi connectivity index (χ4n) is 3.43. The Balaban J connectivity index is 1.34. The van der Waals surface area contributed by atoms with Crippen LogP contribution in [0.3, 0.4) is 0 Å². The van der Waals surface area contributed by atoms with Gasteiger partial charge in [0.05, 0.1) is 6.61 Å². The molecule has 0 aromatic heterocycles. The lowest BCUT2D eigenvalue weighted by Crippen LogP contribution is -2.46. The average molecular weight is 380 g/mol. The van der Waals surface area contributed by atoms with Gasteiger partial charge in [-0.25, -0.2) is 0 Å². The fraction of sp³-hybridized carbons (Fsp3) is 0.391. The first-order valence-electron chi connectivity index (χ1n) is 9.95. The van der Waals surface area contributed by atoms with E-state index in [9.17, 15) is 9.59 Å². The Labute approximate surface area is 166 Å². The molecule has 0 radical (unpaired) electrons. The summed E-state index contributed by atoms with van der Waals surface area (Å²) < 4.78 is 5.61. The highest BCUT2D eigenvalue weighted by molar-refractivity contribution is 5.94. The lowest BCUT2D eigenvalue weighted by molar-refractivity contribution is -0.122. The zero-order valence-electron chi connectivity index (χ0n) is 16.4. The van der Waals surface area contributed by atoms with E-state index in [1.54, 1.807) is 0 Å². The van der Waals surface area contributed by atoms with Gasteiger partial charge >= 0.3 is 0 Å². The van der Waals surface area contributed by atoms with Crippen molar-refractivity contribution in [3.63, 3.8) is 0 Å². The number of benzene rings is 2. The van der Waals surface area contributed by atoms with E-state index in [4.69, 9.17) is 4.74 Å². The fourth-order valence-corrected chi connectivity index (χ4v) is 3.43. The van der Waals surface area contributed by atoms with Crippen LogP contribution in [0.1, 0.15) is 41.6 Å². The van der Waals surface area contributed by atoms with Crippen LogP contribution in [0.2, 0.25) is 0 Å². The van der Waals surface area contributed by atoms with Gasteiger partial charge in [-0.3, -0.25) is 9.59 Å². The maximum atomic E-state index is 12.6. The first kappa shape index (κ1) is 19.9. The molecule has 5 nitrogen and oxygen atoms in total. The number of para-hydroxylation sites is 1. The molecule has 1 aliphatic rings. The van der Waals surface area contributed by atoms with Gasteiger partial charge in [-0.05, 0) is 50.5 Å². The summed E-state index contributed by atoms with van der Waals surface area (Å²) >= 11 is 0. The molecule has 1 heterocycles. The number of carbonyl (C=O) groups is 2. The molecule has 0 spiro atoms. The minimum Gasteiger partial charge on any atom is -0.494 e. The Bertz CT molecular complexity index is 783. The van der Waals surface area contributed by atoms with Gasteiger partial charge in [-0.15, -0.1) is 0 Å². The number of ether oxygens (including phenoxy) is 1. The molecule has 0 aliphatic carbocycles. The predicted molar refractivity (Wildman–Crippen MR) is 109 cm³/mol. The molecule has 2 aromatic rings. The molecule has 2 aromatic carbocycles. The van der Waals surface area contributed by atoms with Gasteiger partial charge < -0.3 is 15.0 Å². The van der Waals surface area contributed by atoms with Crippen LogP contribution in [0, 0.1) is 6.92 Å². The number of carbonyl (C=O) groups excluding carboxylic acids is 2. The number of hydrogen-bond acceptors (Lipinski definition) is 3. The molecule has 148 valence electrons. The van der Waals surface area contributed by atoms with Crippen molar-refractivity contribution in [3.8, 4) is 5.75 Å². The highest BCUT2D eigenvalue weighted by Crippen LogP contribution is 2.15. The van der Waals surface area contributed by atoms with E-state index in [1.807, 2.05) is 66.4 Å². The Morgan fingerprint density at radius 1 is 1.07 bits per heavy atom. The third-order valence-corrected chi connectivity index (χ3v) is 4.97. The maximum absolute atomic E-state index is 12.6. The molecule has 0 atom stereocenters. The molecule has 0 unspecified atom stereocenters. The standard InChI is InChI=1S/C23H28N2O3/c1-18-7-5-8-19(17-18)23(27)25-14-12-20(13-15-25)24-22(26)11-6-16-28-21-9-3-2-4-10-21/h2-5,7-10,17,20H,6,11-16H2,1H3,(H,24,26). The molecular formula is C23H28N2O3. The van der Waals surface area contributed by atoms with Gasteiger partial charge in [0.25, 0.3) is 5.91 Å². The smallest absolute Gasteiger partial charge is 0.253 e. The second kappa shape index (κ2) is 9.93. The monoisotopic (exact) mass is 380 g/mol. The summed E-state index contributed by atoms with van der Waals surface area (Å²) in [6.45, 7) is 3.87. The number of amides is 2. The summed E-state index contributed by atoms with van der Waals surface area (Å²) in [6.07, 6.45) is 2.73. The second-order valence-electron chi connectivity index (χ2n) is 7.27. The zero-order valence-corrected chi connectivity index (χ0v) is 16.4.